The maximum atomic E-state index is 5.90. The van der Waals surface area contributed by atoms with Crippen LogP contribution in [0.5, 0.6) is 5.75 Å². The summed E-state index contributed by atoms with van der Waals surface area (Å²) in [6.07, 6.45) is 1.06. The van der Waals surface area contributed by atoms with Gasteiger partial charge in [-0.15, -0.1) is 0 Å². The first-order valence-corrected chi connectivity index (χ1v) is 8.05. The number of ether oxygens (including phenoxy) is 1. The minimum absolute atomic E-state index is 0.604. The lowest BCUT2D eigenvalue weighted by Gasteiger charge is -2.09. The van der Waals surface area contributed by atoms with Crippen molar-refractivity contribution in [3.8, 4) is 5.75 Å². The number of aryl methyl sites for hydroxylation is 1. The molecule has 3 aromatic rings. The van der Waals surface area contributed by atoms with Crippen LogP contribution in [0.3, 0.4) is 0 Å². The first-order valence-electron chi connectivity index (χ1n) is 8.05. The van der Waals surface area contributed by atoms with E-state index < -0.39 is 0 Å². The van der Waals surface area contributed by atoms with Crippen molar-refractivity contribution < 1.29 is 4.74 Å². The van der Waals surface area contributed by atoms with Crippen LogP contribution in [0.1, 0.15) is 31.9 Å². The molecule has 0 fully saturated rings. The van der Waals surface area contributed by atoms with E-state index in [-0.39, 0.29) is 0 Å². The molecule has 1 nitrogen and oxygen atoms in total. The fraction of sp³-hybridized carbons (Fsp3) is 0.238. The lowest BCUT2D eigenvalue weighted by atomic mass is 10.1. The Morgan fingerprint density at radius 1 is 0.773 bits per heavy atom. The molecule has 0 aromatic heterocycles. The molecule has 0 saturated heterocycles. The number of rotatable bonds is 4. The molecule has 0 heterocycles. The number of fused-ring (bicyclic) bond motifs is 1. The summed E-state index contributed by atoms with van der Waals surface area (Å²) in [5.41, 5.74) is 2.56. The molecule has 0 saturated carbocycles. The number of benzene rings is 3. The number of hydrogen-bond acceptors (Lipinski definition) is 1. The Balaban J connectivity index is 0.000000847. The average molecular weight is 292 g/mol. The van der Waals surface area contributed by atoms with Gasteiger partial charge >= 0.3 is 0 Å². The summed E-state index contributed by atoms with van der Waals surface area (Å²) in [5.74, 6) is 0.926. The molecule has 0 aliphatic carbocycles. The van der Waals surface area contributed by atoms with Gasteiger partial charge in [-0.3, -0.25) is 0 Å². The van der Waals surface area contributed by atoms with Crippen LogP contribution >= 0.6 is 0 Å². The van der Waals surface area contributed by atoms with Crippen LogP contribution in [0.4, 0.5) is 0 Å². The van der Waals surface area contributed by atoms with E-state index in [1.807, 2.05) is 26.0 Å². The molecule has 0 aliphatic rings. The van der Waals surface area contributed by atoms with Gasteiger partial charge in [0.2, 0.25) is 0 Å². The topological polar surface area (TPSA) is 9.23 Å². The van der Waals surface area contributed by atoms with Gasteiger partial charge in [-0.1, -0.05) is 75.4 Å². The van der Waals surface area contributed by atoms with E-state index >= 15 is 0 Å². The molecule has 3 aromatic carbocycles. The molecule has 0 aliphatic heterocycles. The van der Waals surface area contributed by atoms with Gasteiger partial charge in [0, 0.05) is 0 Å². The molecule has 0 atom stereocenters. The molecular weight excluding hydrogens is 268 g/mol. The molecule has 0 amide bonds. The minimum atomic E-state index is 0.604. The smallest absolute Gasteiger partial charge is 0.119 e. The van der Waals surface area contributed by atoms with Crippen LogP contribution in [0.15, 0.2) is 66.7 Å². The second kappa shape index (κ2) is 8.23. The maximum Gasteiger partial charge on any atom is 0.119 e. The van der Waals surface area contributed by atoms with E-state index in [4.69, 9.17) is 4.74 Å². The van der Waals surface area contributed by atoms with E-state index in [0.717, 1.165) is 12.2 Å². The SMILES string of the molecule is CC.CCc1ccc(OCc2cccc3ccccc23)cc1. The van der Waals surface area contributed by atoms with Crippen molar-refractivity contribution in [1.29, 1.82) is 0 Å². The average Bonchev–Trinajstić information content (AvgIpc) is 2.62. The predicted molar refractivity (Wildman–Crippen MR) is 95.4 cm³/mol. The Labute approximate surface area is 133 Å². The van der Waals surface area contributed by atoms with Crippen LogP contribution in [0, 0.1) is 0 Å². The highest BCUT2D eigenvalue weighted by Gasteiger charge is 2.01. The lowest BCUT2D eigenvalue weighted by Crippen LogP contribution is -1.96. The van der Waals surface area contributed by atoms with Crippen molar-refractivity contribution in [1.82, 2.24) is 0 Å². The third-order valence-corrected chi connectivity index (χ3v) is 3.61. The molecule has 0 N–H and O–H groups in total. The zero-order chi connectivity index (χ0) is 15.8. The fourth-order valence-corrected chi connectivity index (χ4v) is 2.40. The highest BCUT2D eigenvalue weighted by atomic mass is 16.5. The Kier molecular flexibility index (Phi) is 6.02. The van der Waals surface area contributed by atoms with Crippen LogP contribution in [-0.2, 0) is 13.0 Å². The Morgan fingerprint density at radius 2 is 1.45 bits per heavy atom. The molecule has 1 heteroatoms. The van der Waals surface area contributed by atoms with Gasteiger partial charge in [0.15, 0.2) is 0 Å². The fourth-order valence-electron chi connectivity index (χ4n) is 2.40. The molecular formula is C21H24O. The molecule has 0 spiro atoms. The van der Waals surface area contributed by atoms with Crippen molar-refractivity contribution in [2.75, 3.05) is 0 Å². The van der Waals surface area contributed by atoms with E-state index in [1.165, 1.54) is 21.9 Å². The highest BCUT2D eigenvalue weighted by Crippen LogP contribution is 2.21. The first-order chi connectivity index (χ1) is 10.9. The van der Waals surface area contributed by atoms with Crippen LogP contribution < -0.4 is 4.74 Å². The first kappa shape index (κ1) is 16.1. The van der Waals surface area contributed by atoms with Crippen molar-refractivity contribution in [3.63, 3.8) is 0 Å². The lowest BCUT2D eigenvalue weighted by molar-refractivity contribution is 0.307. The third kappa shape index (κ3) is 3.88. The van der Waals surface area contributed by atoms with Gasteiger partial charge < -0.3 is 4.74 Å². The normalized spacial score (nSPS) is 9.95. The number of hydrogen-bond donors (Lipinski definition) is 0. The summed E-state index contributed by atoms with van der Waals surface area (Å²) in [4.78, 5) is 0. The van der Waals surface area contributed by atoms with Crippen molar-refractivity contribution >= 4 is 10.8 Å². The molecule has 0 radical (unpaired) electrons. The van der Waals surface area contributed by atoms with Crippen LogP contribution in [0.25, 0.3) is 10.8 Å². The maximum absolute atomic E-state index is 5.90. The standard InChI is InChI=1S/C19H18O.C2H6/c1-2-15-10-12-18(13-11-15)20-14-17-8-5-7-16-6-3-4-9-19(16)17;1-2/h3-13H,2,14H2,1H3;1-2H3. The molecule has 114 valence electrons. The summed E-state index contributed by atoms with van der Waals surface area (Å²) < 4.78 is 5.90. The van der Waals surface area contributed by atoms with Crippen LogP contribution in [0.2, 0.25) is 0 Å². The summed E-state index contributed by atoms with van der Waals surface area (Å²) in [6.45, 7) is 6.76. The summed E-state index contributed by atoms with van der Waals surface area (Å²) in [7, 11) is 0. The van der Waals surface area contributed by atoms with Crippen LogP contribution in [-0.4, -0.2) is 0 Å². The Hall–Kier alpha value is -2.28. The van der Waals surface area contributed by atoms with Gasteiger partial charge in [0.25, 0.3) is 0 Å². The summed E-state index contributed by atoms with van der Waals surface area (Å²) in [6, 6.07) is 23.1. The Morgan fingerprint density at radius 3 is 2.18 bits per heavy atom. The third-order valence-electron chi connectivity index (χ3n) is 3.61. The molecule has 0 bridgehead atoms. The molecule has 3 rings (SSSR count). The second-order valence-corrected chi connectivity index (χ2v) is 4.92. The molecule has 22 heavy (non-hydrogen) atoms. The van der Waals surface area contributed by atoms with Gasteiger partial charge in [0.05, 0.1) is 0 Å². The van der Waals surface area contributed by atoms with E-state index in [9.17, 15) is 0 Å². The second-order valence-electron chi connectivity index (χ2n) is 4.92. The zero-order valence-corrected chi connectivity index (χ0v) is 13.7. The largest absolute Gasteiger partial charge is 0.489 e. The zero-order valence-electron chi connectivity index (χ0n) is 13.7. The van der Waals surface area contributed by atoms with Gasteiger partial charge in [-0.05, 0) is 40.5 Å². The van der Waals surface area contributed by atoms with E-state index in [0.29, 0.717) is 6.61 Å². The summed E-state index contributed by atoms with van der Waals surface area (Å²) >= 11 is 0. The van der Waals surface area contributed by atoms with Crippen molar-refractivity contribution in [2.24, 2.45) is 0 Å². The van der Waals surface area contributed by atoms with Crippen molar-refractivity contribution in [3.05, 3.63) is 77.9 Å². The highest BCUT2D eigenvalue weighted by molar-refractivity contribution is 5.85. The predicted octanol–water partition coefficient (Wildman–Crippen LogP) is 6.01. The van der Waals surface area contributed by atoms with Gasteiger partial charge in [-0.25, -0.2) is 0 Å². The van der Waals surface area contributed by atoms with Gasteiger partial charge in [-0.2, -0.15) is 0 Å². The molecule has 0 unspecified atom stereocenters. The quantitative estimate of drug-likeness (QED) is 0.572. The monoisotopic (exact) mass is 292 g/mol. The van der Waals surface area contributed by atoms with E-state index in [1.54, 1.807) is 0 Å². The Bertz CT molecular complexity index is 693. The van der Waals surface area contributed by atoms with Crippen molar-refractivity contribution in [2.45, 2.75) is 33.8 Å². The minimum Gasteiger partial charge on any atom is -0.489 e. The van der Waals surface area contributed by atoms with E-state index in [2.05, 4.69) is 61.5 Å². The summed E-state index contributed by atoms with van der Waals surface area (Å²) in [5, 5.41) is 2.52. The van der Waals surface area contributed by atoms with Gasteiger partial charge in [0.1, 0.15) is 12.4 Å².